The molecule has 0 aliphatic carbocycles. The Morgan fingerprint density at radius 3 is 2.44 bits per heavy atom. The molecule has 27 heavy (non-hydrogen) atoms. The van der Waals surface area contributed by atoms with Crippen molar-refractivity contribution < 1.29 is 18.0 Å². The molecular formula is C18H20F3N5O. The van der Waals surface area contributed by atoms with E-state index in [9.17, 15) is 18.0 Å². The van der Waals surface area contributed by atoms with Gasteiger partial charge >= 0.3 is 12.2 Å². The van der Waals surface area contributed by atoms with Crippen molar-refractivity contribution >= 4 is 11.8 Å². The van der Waals surface area contributed by atoms with Gasteiger partial charge in [-0.1, -0.05) is 30.3 Å². The summed E-state index contributed by atoms with van der Waals surface area (Å²) >= 11 is 0. The van der Waals surface area contributed by atoms with Gasteiger partial charge in [0, 0.05) is 38.8 Å². The average molecular weight is 379 g/mol. The first-order valence-electron chi connectivity index (χ1n) is 8.64. The second-order valence-electron chi connectivity index (χ2n) is 6.20. The predicted octanol–water partition coefficient (Wildman–Crippen LogP) is 2.57. The number of anilines is 1. The van der Waals surface area contributed by atoms with E-state index < -0.39 is 11.9 Å². The first-order chi connectivity index (χ1) is 12.9. The van der Waals surface area contributed by atoms with Crippen LogP contribution in [0.4, 0.5) is 23.8 Å². The largest absolute Gasteiger partial charge is 0.433 e. The Balaban J connectivity index is 1.48. The van der Waals surface area contributed by atoms with Crippen LogP contribution >= 0.6 is 0 Å². The molecule has 1 fully saturated rings. The number of hydrogen-bond acceptors (Lipinski definition) is 4. The SMILES string of the molecule is O=C(NCCc1ccccc1)N1CCN(c2cc(C(F)(F)F)ncn2)CC1. The van der Waals surface area contributed by atoms with Crippen molar-refractivity contribution in [3.05, 3.63) is 54.0 Å². The maximum absolute atomic E-state index is 12.8. The lowest BCUT2D eigenvalue weighted by Gasteiger charge is -2.35. The summed E-state index contributed by atoms with van der Waals surface area (Å²) in [5.41, 5.74) is 0.181. The van der Waals surface area contributed by atoms with E-state index in [1.807, 2.05) is 30.3 Å². The summed E-state index contributed by atoms with van der Waals surface area (Å²) in [6, 6.07) is 10.6. The minimum absolute atomic E-state index is 0.163. The van der Waals surface area contributed by atoms with Crippen molar-refractivity contribution in [2.45, 2.75) is 12.6 Å². The number of urea groups is 1. The smallest absolute Gasteiger partial charge is 0.353 e. The van der Waals surface area contributed by atoms with Crippen LogP contribution in [0.3, 0.4) is 0 Å². The van der Waals surface area contributed by atoms with Crippen molar-refractivity contribution in [3.63, 3.8) is 0 Å². The van der Waals surface area contributed by atoms with Crippen LogP contribution in [0, 0.1) is 0 Å². The number of nitrogens with one attached hydrogen (secondary N) is 1. The third kappa shape index (κ3) is 5.08. The Morgan fingerprint density at radius 1 is 1.07 bits per heavy atom. The number of nitrogens with zero attached hydrogens (tertiary/aromatic N) is 4. The van der Waals surface area contributed by atoms with Gasteiger partial charge in [0.25, 0.3) is 0 Å². The van der Waals surface area contributed by atoms with Crippen LogP contribution in [0.5, 0.6) is 0 Å². The van der Waals surface area contributed by atoms with Gasteiger partial charge in [0.1, 0.15) is 17.8 Å². The number of halogens is 3. The van der Waals surface area contributed by atoms with E-state index in [2.05, 4.69) is 15.3 Å². The van der Waals surface area contributed by atoms with Gasteiger partial charge < -0.3 is 15.1 Å². The third-order valence-electron chi connectivity index (χ3n) is 4.37. The molecule has 1 aromatic carbocycles. The van der Waals surface area contributed by atoms with Crippen LogP contribution in [0.15, 0.2) is 42.7 Å². The molecule has 9 heteroatoms. The zero-order valence-corrected chi connectivity index (χ0v) is 14.6. The Morgan fingerprint density at radius 2 is 1.78 bits per heavy atom. The maximum Gasteiger partial charge on any atom is 0.433 e. The highest BCUT2D eigenvalue weighted by Gasteiger charge is 2.33. The summed E-state index contributed by atoms with van der Waals surface area (Å²) in [5, 5.41) is 2.88. The van der Waals surface area contributed by atoms with Crippen molar-refractivity contribution in [1.82, 2.24) is 20.2 Å². The van der Waals surface area contributed by atoms with E-state index in [-0.39, 0.29) is 11.8 Å². The molecule has 6 nitrogen and oxygen atoms in total. The number of benzene rings is 1. The minimum atomic E-state index is -4.50. The van der Waals surface area contributed by atoms with Gasteiger partial charge in [0.15, 0.2) is 0 Å². The number of piperazine rings is 1. The molecule has 1 N–H and O–H groups in total. The second-order valence-corrected chi connectivity index (χ2v) is 6.20. The summed E-state index contributed by atoms with van der Waals surface area (Å²) < 4.78 is 38.3. The molecule has 0 atom stereocenters. The average Bonchev–Trinajstić information content (AvgIpc) is 2.68. The summed E-state index contributed by atoms with van der Waals surface area (Å²) in [6.45, 7) is 2.20. The van der Waals surface area contributed by atoms with Crippen LogP contribution in [0.25, 0.3) is 0 Å². The number of aromatic nitrogens is 2. The molecule has 2 amide bonds. The Kier molecular flexibility index (Phi) is 5.78. The molecule has 1 aliphatic rings. The summed E-state index contributed by atoms with van der Waals surface area (Å²) in [6.07, 6.45) is -2.84. The molecule has 2 aromatic rings. The normalized spacial score (nSPS) is 14.9. The van der Waals surface area contributed by atoms with E-state index in [0.29, 0.717) is 32.7 Å². The van der Waals surface area contributed by atoms with Gasteiger partial charge in [-0.15, -0.1) is 0 Å². The first-order valence-corrected chi connectivity index (χ1v) is 8.64. The molecule has 0 saturated carbocycles. The topological polar surface area (TPSA) is 61.4 Å². The fourth-order valence-electron chi connectivity index (χ4n) is 2.88. The van der Waals surface area contributed by atoms with Crippen molar-refractivity contribution in [1.29, 1.82) is 0 Å². The molecule has 0 spiro atoms. The lowest BCUT2D eigenvalue weighted by atomic mass is 10.1. The minimum Gasteiger partial charge on any atom is -0.353 e. The maximum atomic E-state index is 12.8. The van der Waals surface area contributed by atoms with Gasteiger partial charge in [-0.3, -0.25) is 0 Å². The second kappa shape index (κ2) is 8.24. The van der Waals surface area contributed by atoms with Crippen molar-refractivity contribution in [2.75, 3.05) is 37.6 Å². The number of carbonyl (C=O) groups excluding carboxylic acids is 1. The van der Waals surface area contributed by atoms with Gasteiger partial charge in [-0.25, -0.2) is 14.8 Å². The lowest BCUT2D eigenvalue weighted by molar-refractivity contribution is -0.141. The highest BCUT2D eigenvalue weighted by atomic mass is 19.4. The summed E-state index contributed by atoms with van der Waals surface area (Å²) in [4.78, 5) is 22.8. The highest BCUT2D eigenvalue weighted by Crippen LogP contribution is 2.29. The van der Waals surface area contributed by atoms with Crippen molar-refractivity contribution in [3.8, 4) is 0 Å². The fraction of sp³-hybridized carbons (Fsp3) is 0.389. The van der Waals surface area contributed by atoms with Crippen LogP contribution in [0.1, 0.15) is 11.3 Å². The molecule has 0 bridgehead atoms. The van der Waals surface area contributed by atoms with E-state index in [1.54, 1.807) is 9.80 Å². The predicted molar refractivity (Wildman–Crippen MR) is 94.4 cm³/mol. The zero-order chi connectivity index (χ0) is 19.3. The molecule has 2 heterocycles. The fourth-order valence-corrected chi connectivity index (χ4v) is 2.88. The number of amides is 2. The zero-order valence-electron chi connectivity index (χ0n) is 14.6. The van der Waals surface area contributed by atoms with E-state index in [0.717, 1.165) is 24.4 Å². The lowest BCUT2D eigenvalue weighted by Crippen LogP contribution is -2.52. The molecule has 144 valence electrons. The van der Waals surface area contributed by atoms with Crippen LogP contribution < -0.4 is 10.2 Å². The number of alkyl halides is 3. The molecule has 1 aliphatic heterocycles. The standard InChI is InChI=1S/C18H20F3N5O/c19-18(20,21)15-12-16(24-13-23-15)25-8-10-26(11-9-25)17(27)22-7-6-14-4-2-1-3-5-14/h1-5,12-13H,6-11H2,(H,22,27). The Hall–Kier alpha value is -2.84. The van der Waals surface area contributed by atoms with Crippen LogP contribution in [0.2, 0.25) is 0 Å². The van der Waals surface area contributed by atoms with Crippen LogP contribution in [-0.2, 0) is 12.6 Å². The highest BCUT2D eigenvalue weighted by molar-refractivity contribution is 5.74. The number of hydrogen-bond donors (Lipinski definition) is 1. The van der Waals surface area contributed by atoms with Gasteiger partial charge in [-0.2, -0.15) is 13.2 Å². The van der Waals surface area contributed by atoms with E-state index in [1.165, 1.54) is 0 Å². The van der Waals surface area contributed by atoms with Gasteiger partial charge in [0.2, 0.25) is 0 Å². The number of rotatable bonds is 4. The van der Waals surface area contributed by atoms with Crippen LogP contribution in [-0.4, -0.2) is 53.6 Å². The Bertz CT molecular complexity index is 761. The summed E-state index contributed by atoms with van der Waals surface area (Å²) in [7, 11) is 0. The summed E-state index contributed by atoms with van der Waals surface area (Å²) in [5.74, 6) is 0.224. The number of carbonyl (C=O) groups is 1. The van der Waals surface area contributed by atoms with E-state index >= 15 is 0 Å². The molecule has 1 saturated heterocycles. The first kappa shape index (κ1) is 18.9. The van der Waals surface area contributed by atoms with Gasteiger partial charge in [-0.05, 0) is 12.0 Å². The Labute approximate surface area is 155 Å². The molecular weight excluding hydrogens is 359 g/mol. The van der Waals surface area contributed by atoms with E-state index in [4.69, 9.17) is 0 Å². The monoisotopic (exact) mass is 379 g/mol. The van der Waals surface area contributed by atoms with Crippen molar-refractivity contribution in [2.24, 2.45) is 0 Å². The molecule has 0 unspecified atom stereocenters. The molecule has 3 rings (SSSR count). The molecule has 1 aromatic heterocycles. The quantitative estimate of drug-likeness (QED) is 0.887. The van der Waals surface area contributed by atoms with Gasteiger partial charge in [0.05, 0.1) is 0 Å². The molecule has 0 radical (unpaired) electrons. The third-order valence-corrected chi connectivity index (χ3v) is 4.37.